The average molecular weight is 252 g/mol. The number of carbonyl (C=O) groups excluding carboxylic acids is 3. The summed E-state index contributed by atoms with van der Waals surface area (Å²) in [5, 5.41) is 11.8. The summed E-state index contributed by atoms with van der Waals surface area (Å²) >= 11 is 0. The van der Waals surface area contributed by atoms with Crippen LogP contribution < -0.4 is 5.32 Å². The molecule has 98 valence electrons. The van der Waals surface area contributed by atoms with E-state index in [1.54, 1.807) is 6.08 Å². The molecule has 0 radical (unpaired) electrons. The van der Waals surface area contributed by atoms with E-state index in [0.717, 1.165) is 11.3 Å². The number of aliphatic hydroxyl groups excluding tert-OH is 1. The highest BCUT2D eigenvalue weighted by Crippen LogP contribution is 2.37. The molecule has 1 fully saturated rings. The third kappa shape index (κ3) is 1.73. The average Bonchev–Trinajstić information content (AvgIpc) is 2.34. The second-order valence-corrected chi connectivity index (χ2v) is 4.90. The Morgan fingerprint density at radius 3 is 2.72 bits per heavy atom. The summed E-state index contributed by atoms with van der Waals surface area (Å²) < 4.78 is 0. The first-order valence-corrected chi connectivity index (χ1v) is 5.90. The molecule has 1 saturated heterocycles. The van der Waals surface area contributed by atoms with Crippen molar-refractivity contribution in [3.8, 4) is 0 Å². The minimum Gasteiger partial charge on any atom is -0.389 e. The quantitative estimate of drug-likeness (QED) is 0.514. The van der Waals surface area contributed by atoms with Crippen molar-refractivity contribution in [1.29, 1.82) is 0 Å². The number of nitrogens with one attached hydrogen (secondary N) is 1. The fourth-order valence-electron chi connectivity index (χ4n) is 2.43. The van der Waals surface area contributed by atoms with Gasteiger partial charge in [0.25, 0.3) is 0 Å². The predicted molar refractivity (Wildman–Crippen MR) is 62.4 cm³/mol. The van der Waals surface area contributed by atoms with E-state index in [9.17, 15) is 19.5 Å². The number of hydrogen-bond acceptors (Lipinski definition) is 4. The van der Waals surface area contributed by atoms with Crippen LogP contribution in [0.5, 0.6) is 0 Å². The molecule has 1 aliphatic heterocycles. The van der Waals surface area contributed by atoms with Crippen LogP contribution in [0.4, 0.5) is 4.79 Å². The van der Waals surface area contributed by atoms with Crippen LogP contribution in [-0.4, -0.2) is 41.0 Å². The monoisotopic (exact) mass is 252 g/mol. The molecule has 2 atom stereocenters. The van der Waals surface area contributed by atoms with Crippen LogP contribution in [0.25, 0.3) is 0 Å². The Morgan fingerprint density at radius 1 is 1.44 bits per heavy atom. The van der Waals surface area contributed by atoms with Gasteiger partial charge < -0.3 is 5.11 Å². The number of amides is 4. The summed E-state index contributed by atoms with van der Waals surface area (Å²) in [7, 11) is 1.34. The Balaban J connectivity index is 2.42. The van der Waals surface area contributed by atoms with E-state index >= 15 is 0 Å². The molecule has 0 spiro atoms. The molecular formula is C12H16N2O4. The van der Waals surface area contributed by atoms with Crippen molar-refractivity contribution in [3.05, 3.63) is 11.6 Å². The van der Waals surface area contributed by atoms with Gasteiger partial charge in [0.1, 0.15) is 5.41 Å². The number of imide groups is 2. The van der Waals surface area contributed by atoms with Gasteiger partial charge in [-0.05, 0) is 31.8 Å². The highest BCUT2D eigenvalue weighted by atomic mass is 16.3. The van der Waals surface area contributed by atoms with Crippen molar-refractivity contribution in [1.82, 2.24) is 10.2 Å². The van der Waals surface area contributed by atoms with Gasteiger partial charge in [0, 0.05) is 7.05 Å². The SMILES string of the molecule is CN1C(=O)NC(=O)[C@](C)(C2=C[C@@H](O)CCC2)C1=O. The fraction of sp³-hybridized carbons (Fsp3) is 0.583. The highest BCUT2D eigenvalue weighted by Gasteiger charge is 2.51. The van der Waals surface area contributed by atoms with Crippen molar-refractivity contribution in [2.24, 2.45) is 5.41 Å². The predicted octanol–water partition coefficient (Wildman–Crippen LogP) is 0.172. The molecule has 6 heteroatoms. The molecule has 2 rings (SSSR count). The second-order valence-electron chi connectivity index (χ2n) is 4.90. The Bertz CT molecular complexity index is 457. The van der Waals surface area contributed by atoms with Crippen LogP contribution in [0.15, 0.2) is 11.6 Å². The minimum atomic E-state index is -1.38. The van der Waals surface area contributed by atoms with Crippen molar-refractivity contribution < 1.29 is 19.5 Å². The molecule has 1 aliphatic carbocycles. The largest absolute Gasteiger partial charge is 0.389 e. The molecule has 0 aromatic heterocycles. The first-order valence-electron chi connectivity index (χ1n) is 5.90. The number of aliphatic hydroxyl groups is 1. The number of urea groups is 1. The van der Waals surface area contributed by atoms with Crippen LogP contribution in [0.2, 0.25) is 0 Å². The summed E-state index contributed by atoms with van der Waals surface area (Å²) in [5.41, 5.74) is -0.799. The van der Waals surface area contributed by atoms with Crippen LogP contribution in [0.3, 0.4) is 0 Å². The lowest BCUT2D eigenvalue weighted by Gasteiger charge is -2.38. The first-order chi connectivity index (χ1) is 8.37. The Hall–Kier alpha value is -1.69. The molecule has 6 nitrogen and oxygen atoms in total. The van der Waals surface area contributed by atoms with E-state index in [1.165, 1.54) is 14.0 Å². The summed E-state index contributed by atoms with van der Waals surface area (Å²) in [6.45, 7) is 1.50. The maximum atomic E-state index is 12.2. The summed E-state index contributed by atoms with van der Waals surface area (Å²) in [6, 6.07) is -0.709. The van der Waals surface area contributed by atoms with Gasteiger partial charge in [0.05, 0.1) is 6.10 Å². The molecule has 1 heterocycles. The third-order valence-corrected chi connectivity index (χ3v) is 3.69. The van der Waals surface area contributed by atoms with Gasteiger partial charge in [-0.25, -0.2) is 4.79 Å². The lowest BCUT2D eigenvalue weighted by Crippen LogP contribution is -2.62. The highest BCUT2D eigenvalue weighted by molar-refractivity contribution is 6.20. The molecule has 0 aromatic rings. The molecule has 0 aromatic carbocycles. The first kappa shape index (κ1) is 12.8. The zero-order chi connectivity index (χ0) is 13.5. The second kappa shape index (κ2) is 4.20. The van der Waals surface area contributed by atoms with E-state index in [4.69, 9.17) is 0 Å². The molecule has 4 amide bonds. The molecule has 18 heavy (non-hydrogen) atoms. The van der Waals surface area contributed by atoms with Crippen LogP contribution >= 0.6 is 0 Å². The smallest absolute Gasteiger partial charge is 0.330 e. The Kier molecular flexibility index (Phi) is 2.98. The van der Waals surface area contributed by atoms with E-state index in [2.05, 4.69) is 5.32 Å². The summed E-state index contributed by atoms with van der Waals surface area (Å²) in [4.78, 5) is 36.4. The van der Waals surface area contributed by atoms with Crippen molar-refractivity contribution >= 4 is 17.8 Å². The molecule has 2 N–H and O–H groups in total. The normalized spacial score (nSPS) is 33.3. The van der Waals surface area contributed by atoms with Gasteiger partial charge in [-0.1, -0.05) is 6.08 Å². The summed E-state index contributed by atoms with van der Waals surface area (Å²) in [5.74, 6) is -1.16. The van der Waals surface area contributed by atoms with Crippen molar-refractivity contribution in [2.75, 3.05) is 7.05 Å². The van der Waals surface area contributed by atoms with Gasteiger partial charge in [0.2, 0.25) is 11.8 Å². The molecule has 0 bridgehead atoms. The molecular weight excluding hydrogens is 236 g/mol. The van der Waals surface area contributed by atoms with Crippen LogP contribution in [-0.2, 0) is 9.59 Å². The number of nitrogens with zero attached hydrogens (tertiary/aromatic N) is 1. The summed E-state index contributed by atoms with van der Waals surface area (Å²) in [6.07, 6.45) is 2.86. The zero-order valence-corrected chi connectivity index (χ0v) is 10.4. The zero-order valence-electron chi connectivity index (χ0n) is 10.4. The van der Waals surface area contributed by atoms with E-state index in [1.807, 2.05) is 0 Å². The topological polar surface area (TPSA) is 86.7 Å². The lowest BCUT2D eigenvalue weighted by atomic mass is 9.74. The molecule has 0 unspecified atom stereocenters. The molecule has 0 saturated carbocycles. The van der Waals surface area contributed by atoms with Gasteiger partial charge in [-0.3, -0.25) is 19.8 Å². The number of rotatable bonds is 1. The third-order valence-electron chi connectivity index (χ3n) is 3.69. The van der Waals surface area contributed by atoms with Crippen molar-refractivity contribution in [2.45, 2.75) is 32.3 Å². The number of hydrogen-bond donors (Lipinski definition) is 2. The Morgan fingerprint density at radius 2 is 2.11 bits per heavy atom. The van der Waals surface area contributed by atoms with Gasteiger partial charge in [0.15, 0.2) is 0 Å². The van der Waals surface area contributed by atoms with Crippen molar-refractivity contribution in [3.63, 3.8) is 0 Å². The number of carbonyl (C=O) groups is 3. The standard InChI is InChI=1S/C12H16N2O4/c1-12(7-4-3-5-8(15)6-7)9(16)13-11(18)14(2)10(12)17/h6,8,15H,3-5H2,1-2H3,(H,13,16,18)/t8-,12-/m0/s1. The van der Waals surface area contributed by atoms with E-state index in [0.29, 0.717) is 18.4 Å². The maximum absolute atomic E-state index is 12.2. The van der Waals surface area contributed by atoms with Crippen LogP contribution in [0.1, 0.15) is 26.2 Å². The van der Waals surface area contributed by atoms with Crippen LogP contribution in [0, 0.1) is 5.41 Å². The van der Waals surface area contributed by atoms with Gasteiger partial charge in [-0.15, -0.1) is 0 Å². The fourth-order valence-corrected chi connectivity index (χ4v) is 2.43. The van der Waals surface area contributed by atoms with Gasteiger partial charge >= 0.3 is 6.03 Å². The maximum Gasteiger partial charge on any atom is 0.330 e. The Labute approximate surface area is 105 Å². The van der Waals surface area contributed by atoms with E-state index in [-0.39, 0.29) is 0 Å². The molecule has 2 aliphatic rings. The van der Waals surface area contributed by atoms with Gasteiger partial charge in [-0.2, -0.15) is 0 Å². The number of barbiturate groups is 1. The van der Waals surface area contributed by atoms with E-state index < -0.39 is 29.4 Å². The lowest BCUT2D eigenvalue weighted by molar-refractivity contribution is -0.146. The minimum absolute atomic E-state index is 0.545.